The van der Waals surface area contributed by atoms with Crippen LogP contribution in [0.4, 0.5) is 0 Å². The van der Waals surface area contributed by atoms with Crippen molar-refractivity contribution in [3.05, 3.63) is 11.8 Å². The lowest BCUT2D eigenvalue weighted by Crippen LogP contribution is -2.24. The van der Waals surface area contributed by atoms with E-state index in [-0.39, 0.29) is 17.6 Å². The Balaban J connectivity index is 1.94. The summed E-state index contributed by atoms with van der Waals surface area (Å²) in [5.74, 6) is 16.7. The van der Waals surface area contributed by atoms with E-state index in [4.69, 9.17) is 21.1 Å². The number of alkyl halides is 1. The van der Waals surface area contributed by atoms with E-state index in [1.807, 2.05) is 0 Å². The summed E-state index contributed by atoms with van der Waals surface area (Å²) in [4.78, 5) is 0. The molecular formula is C13H9ClO2. The fraction of sp³-hybridized carbons (Fsp3) is 0.385. The number of fused-ring (bicyclic) bond motifs is 1. The Hall–Kier alpha value is -1.53. The van der Waals surface area contributed by atoms with Crippen LogP contribution in [-0.4, -0.2) is 24.2 Å². The van der Waals surface area contributed by atoms with E-state index < -0.39 is 0 Å². The molecule has 0 saturated carbocycles. The van der Waals surface area contributed by atoms with Gasteiger partial charge in [-0.15, -0.1) is 11.6 Å². The molecule has 0 bridgehead atoms. The second kappa shape index (κ2) is 5.00. The van der Waals surface area contributed by atoms with Crippen molar-refractivity contribution in [3.8, 4) is 35.5 Å². The van der Waals surface area contributed by atoms with Crippen molar-refractivity contribution in [2.24, 2.45) is 0 Å². The quantitative estimate of drug-likeness (QED) is 0.357. The van der Waals surface area contributed by atoms with Crippen LogP contribution in [0.5, 0.6) is 0 Å². The van der Waals surface area contributed by atoms with Gasteiger partial charge in [0.25, 0.3) is 0 Å². The Kier molecular flexibility index (Phi) is 3.43. The fourth-order valence-corrected chi connectivity index (χ4v) is 1.63. The minimum Gasteiger partial charge on any atom is -0.493 e. The summed E-state index contributed by atoms with van der Waals surface area (Å²) >= 11 is 5.94. The molecule has 0 aromatic carbocycles. The summed E-state index contributed by atoms with van der Waals surface area (Å²) in [5.41, 5.74) is 0. The molecule has 0 N–H and O–H groups in total. The van der Waals surface area contributed by atoms with Gasteiger partial charge in [0.1, 0.15) is 24.6 Å². The van der Waals surface area contributed by atoms with E-state index in [0.29, 0.717) is 6.61 Å². The van der Waals surface area contributed by atoms with Crippen molar-refractivity contribution < 1.29 is 9.47 Å². The Bertz CT molecular complexity index is 487. The van der Waals surface area contributed by atoms with Crippen molar-refractivity contribution in [1.82, 2.24) is 0 Å². The van der Waals surface area contributed by atoms with E-state index in [9.17, 15) is 0 Å². The van der Waals surface area contributed by atoms with E-state index in [1.165, 1.54) is 0 Å². The molecule has 80 valence electrons. The molecule has 0 aromatic rings. The zero-order valence-electron chi connectivity index (χ0n) is 8.71. The predicted octanol–water partition coefficient (Wildman–Crippen LogP) is 1.31. The molecule has 2 saturated heterocycles. The molecule has 0 spiro atoms. The van der Waals surface area contributed by atoms with Crippen molar-refractivity contribution in [2.75, 3.05) is 6.61 Å². The van der Waals surface area contributed by atoms with Gasteiger partial charge in [-0.05, 0) is 30.6 Å². The number of rotatable bonds is 0. The van der Waals surface area contributed by atoms with Crippen molar-refractivity contribution in [1.29, 1.82) is 0 Å². The van der Waals surface area contributed by atoms with Crippen LogP contribution >= 0.6 is 11.6 Å². The highest BCUT2D eigenvalue weighted by Crippen LogP contribution is 2.38. The van der Waals surface area contributed by atoms with E-state index in [1.54, 1.807) is 13.0 Å². The third-order valence-corrected chi connectivity index (χ3v) is 2.55. The maximum atomic E-state index is 5.94. The number of hydrogen-bond acceptors (Lipinski definition) is 2. The van der Waals surface area contributed by atoms with Crippen molar-refractivity contribution in [2.45, 2.75) is 24.5 Å². The lowest BCUT2D eigenvalue weighted by atomic mass is 10.1. The Morgan fingerprint density at radius 2 is 2.12 bits per heavy atom. The molecule has 0 unspecified atom stereocenters. The third-order valence-electron chi connectivity index (χ3n) is 2.17. The molecule has 3 heteroatoms. The highest BCUT2D eigenvalue weighted by Gasteiger charge is 2.51. The van der Waals surface area contributed by atoms with Gasteiger partial charge in [0, 0.05) is 6.08 Å². The number of ether oxygens (including phenoxy) is 2. The van der Waals surface area contributed by atoms with Crippen LogP contribution < -0.4 is 0 Å². The standard InChI is InChI=1S/C13H9ClO2/c1-2-3-4-5-6-7-8-11-13-12(16-13)10(14)9-15-11/h8,10,12-13H,9H2,1H3/t10-,12-,13+/m1/s1. The minimum absolute atomic E-state index is 0.00561. The summed E-state index contributed by atoms with van der Waals surface area (Å²) < 4.78 is 10.7. The Morgan fingerprint density at radius 1 is 1.31 bits per heavy atom. The number of halogens is 1. The molecule has 0 aliphatic carbocycles. The molecule has 0 amide bonds. The SMILES string of the molecule is CC#CC#CC#CC=C1OC[C@@H](Cl)[C@H]2O[C@@H]12. The third kappa shape index (κ3) is 2.53. The van der Waals surface area contributed by atoms with Crippen molar-refractivity contribution >= 4 is 11.6 Å². The molecule has 2 nitrogen and oxygen atoms in total. The van der Waals surface area contributed by atoms with Crippen LogP contribution in [0.1, 0.15) is 6.92 Å². The van der Waals surface area contributed by atoms with Gasteiger partial charge >= 0.3 is 0 Å². The normalized spacial score (nSPS) is 31.6. The lowest BCUT2D eigenvalue weighted by molar-refractivity contribution is 0.185. The van der Waals surface area contributed by atoms with E-state index in [0.717, 1.165) is 5.76 Å². The fourth-order valence-electron chi connectivity index (χ4n) is 1.37. The van der Waals surface area contributed by atoms with Gasteiger partial charge in [-0.2, -0.15) is 0 Å². The minimum atomic E-state index is -0.0465. The highest BCUT2D eigenvalue weighted by molar-refractivity contribution is 6.21. The summed E-state index contributed by atoms with van der Waals surface area (Å²) in [6.07, 6.45) is 1.77. The molecule has 2 rings (SSSR count). The van der Waals surface area contributed by atoms with Crippen molar-refractivity contribution in [3.63, 3.8) is 0 Å². The van der Waals surface area contributed by atoms with E-state index >= 15 is 0 Å². The van der Waals surface area contributed by atoms with Gasteiger partial charge in [-0.25, -0.2) is 0 Å². The van der Waals surface area contributed by atoms with Gasteiger partial charge in [0.15, 0.2) is 0 Å². The Labute approximate surface area is 99.9 Å². The van der Waals surface area contributed by atoms with Gasteiger partial charge < -0.3 is 9.47 Å². The zero-order valence-corrected chi connectivity index (χ0v) is 9.47. The van der Waals surface area contributed by atoms with Crippen LogP contribution in [-0.2, 0) is 9.47 Å². The lowest BCUT2D eigenvalue weighted by Gasteiger charge is -2.15. The molecule has 2 aliphatic heterocycles. The summed E-state index contributed by atoms with van der Waals surface area (Å²) in [5, 5.41) is -0.0465. The summed E-state index contributed by atoms with van der Waals surface area (Å²) in [6, 6.07) is 0. The van der Waals surface area contributed by atoms with Gasteiger partial charge in [-0.1, -0.05) is 11.8 Å². The van der Waals surface area contributed by atoms with Crippen LogP contribution in [0, 0.1) is 35.5 Å². The average Bonchev–Trinajstić information content (AvgIpc) is 3.07. The number of epoxide rings is 1. The first-order chi connectivity index (χ1) is 7.83. The largest absolute Gasteiger partial charge is 0.493 e. The first-order valence-corrected chi connectivity index (χ1v) is 5.31. The summed E-state index contributed by atoms with van der Waals surface area (Å²) in [6.45, 7) is 2.20. The van der Waals surface area contributed by atoms with Crippen LogP contribution in [0.2, 0.25) is 0 Å². The molecule has 2 aliphatic rings. The first-order valence-electron chi connectivity index (χ1n) is 4.87. The monoisotopic (exact) mass is 232 g/mol. The zero-order chi connectivity index (χ0) is 11.4. The van der Waals surface area contributed by atoms with Crippen LogP contribution in [0.15, 0.2) is 11.8 Å². The maximum absolute atomic E-state index is 5.94. The van der Waals surface area contributed by atoms with Gasteiger partial charge in [0.2, 0.25) is 0 Å². The predicted molar refractivity (Wildman–Crippen MR) is 61.3 cm³/mol. The topological polar surface area (TPSA) is 21.8 Å². The molecule has 0 aromatic heterocycles. The maximum Gasteiger partial charge on any atom is 0.143 e. The number of hydrogen-bond donors (Lipinski definition) is 0. The molecule has 3 atom stereocenters. The van der Waals surface area contributed by atoms with Gasteiger partial charge in [0.05, 0.1) is 5.38 Å². The average molecular weight is 233 g/mol. The van der Waals surface area contributed by atoms with E-state index in [2.05, 4.69) is 35.5 Å². The molecular weight excluding hydrogens is 224 g/mol. The second-order valence-corrected chi connectivity index (χ2v) is 3.85. The Morgan fingerprint density at radius 3 is 2.94 bits per heavy atom. The summed E-state index contributed by atoms with van der Waals surface area (Å²) in [7, 11) is 0. The molecule has 2 heterocycles. The van der Waals surface area contributed by atoms with Gasteiger partial charge in [-0.3, -0.25) is 0 Å². The second-order valence-electron chi connectivity index (χ2n) is 3.29. The number of allylic oxidation sites excluding steroid dienone is 1. The van der Waals surface area contributed by atoms with Crippen LogP contribution in [0.25, 0.3) is 0 Å². The molecule has 0 radical (unpaired) electrons. The smallest absolute Gasteiger partial charge is 0.143 e. The highest BCUT2D eigenvalue weighted by atomic mass is 35.5. The first kappa shape index (κ1) is 11.0. The van der Waals surface area contributed by atoms with Crippen LogP contribution in [0.3, 0.4) is 0 Å². The molecule has 16 heavy (non-hydrogen) atoms. The molecule has 2 fully saturated rings.